The van der Waals surface area contributed by atoms with E-state index in [1.807, 2.05) is 12.1 Å². The summed E-state index contributed by atoms with van der Waals surface area (Å²) >= 11 is 0. The highest BCUT2D eigenvalue weighted by molar-refractivity contribution is 7.88. The summed E-state index contributed by atoms with van der Waals surface area (Å²) in [5.41, 5.74) is 0. The van der Waals surface area contributed by atoms with Gasteiger partial charge in [0.05, 0.1) is 24.9 Å². The Kier molecular flexibility index (Phi) is 4.59. The van der Waals surface area contributed by atoms with Gasteiger partial charge in [-0.1, -0.05) is 6.92 Å². The van der Waals surface area contributed by atoms with E-state index < -0.39 is 10.0 Å². The number of furan rings is 1. The molecule has 2 aliphatic heterocycles. The molecule has 7 heteroatoms. The minimum absolute atomic E-state index is 0.0657. The first kappa shape index (κ1) is 16.0. The van der Waals surface area contributed by atoms with Crippen LogP contribution in [0, 0.1) is 0 Å². The Hall–Kier alpha value is -0.890. The molecule has 0 bridgehead atoms. The van der Waals surface area contributed by atoms with E-state index in [1.165, 1.54) is 6.26 Å². The van der Waals surface area contributed by atoms with Gasteiger partial charge in [0, 0.05) is 25.6 Å². The summed E-state index contributed by atoms with van der Waals surface area (Å²) in [6, 6.07) is 4.09. The number of nitrogens with zero attached hydrogens (tertiary/aromatic N) is 1. The SMILES string of the molecule is CCc1ccc(CN2C[C@@H](NS(C)(=O)=O)[C@H]3OCCC[C@H]32)o1. The Morgan fingerprint density at radius 3 is 2.82 bits per heavy atom. The highest BCUT2D eigenvalue weighted by Gasteiger charge is 2.45. The molecule has 6 nitrogen and oxygen atoms in total. The third-order valence-corrected chi connectivity index (χ3v) is 5.15. The normalized spacial score (nSPS) is 29.6. The monoisotopic (exact) mass is 328 g/mol. The van der Waals surface area contributed by atoms with Gasteiger partial charge in [-0.05, 0) is 25.0 Å². The second kappa shape index (κ2) is 6.31. The third kappa shape index (κ3) is 3.53. The van der Waals surface area contributed by atoms with E-state index in [1.54, 1.807) is 0 Å². The van der Waals surface area contributed by atoms with Crippen LogP contribution in [-0.4, -0.2) is 50.9 Å². The molecule has 0 spiro atoms. The number of hydrogen-bond acceptors (Lipinski definition) is 5. The van der Waals surface area contributed by atoms with Gasteiger partial charge in [0.15, 0.2) is 0 Å². The van der Waals surface area contributed by atoms with E-state index in [4.69, 9.17) is 9.15 Å². The molecule has 3 rings (SSSR count). The molecule has 1 aromatic rings. The molecule has 0 radical (unpaired) electrons. The Morgan fingerprint density at radius 2 is 2.14 bits per heavy atom. The topological polar surface area (TPSA) is 71.8 Å². The van der Waals surface area contributed by atoms with Gasteiger partial charge in [-0.15, -0.1) is 0 Å². The van der Waals surface area contributed by atoms with E-state index in [-0.39, 0.29) is 18.2 Å². The number of fused-ring (bicyclic) bond motifs is 1. The first-order valence-corrected chi connectivity index (χ1v) is 9.76. The van der Waals surface area contributed by atoms with E-state index in [9.17, 15) is 8.42 Å². The van der Waals surface area contributed by atoms with Crippen molar-refractivity contribution in [1.29, 1.82) is 0 Å². The van der Waals surface area contributed by atoms with Gasteiger partial charge in [-0.25, -0.2) is 13.1 Å². The molecule has 1 aromatic heterocycles. The van der Waals surface area contributed by atoms with Crippen LogP contribution in [0.3, 0.4) is 0 Å². The van der Waals surface area contributed by atoms with Crippen LogP contribution < -0.4 is 4.72 Å². The summed E-state index contributed by atoms with van der Waals surface area (Å²) in [5.74, 6) is 1.91. The highest BCUT2D eigenvalue weighted by atomic mass is 32.2. The van der Waals surface area contributed by atoms with Crippen LogP contribution in [0.5, 0.6) is 0 Å². The van der Waals surface area contributed by atoms with Crippen LogP contribution in [0.25, 0.3) is 0 Å². The zero-order chi connectivity index (χ0) is 15.7. The van der Waals surface area contributed by atoms with E-state index in [2.05, 4.69) is 16.5 Å². The van der Waals surface area contributed by atoms with Crippen molar-refractivity contribution in [2.45, 2.75) is 50.9 Å². The van der Waals surface area contributed by atoms with Crippen molar-refractivity contribution in [3.8, 4) is 0 Å². The maximum atomic E-state index is 11.6. The van der Waals surface area contributed by atoms with Crippen LogP contribution in [0.15, 0.2) is 16.5 Å². The average molecular weight is 328 g/mol. The molecule has 3 heterocycles. The average Bonchev–Trinajstić information content (AvgIpc) is 3.04. The fourth-order valence-corrected chi connectivity index (χ4v) is 4.27. The van der Waals surface area contributed by atoms with Gasteiger partial charge in [-0.2, -0.15) is 0 Å². The van der Waals surface area contributed by atoms with E-state index in [0.29, 0.717) is 19.7 Å². The zero-order valence-corrected chi connectivity index (χ0v) is 13.9. The number of sulfonamides is 1. The van der Waals surface area contributed by atoms with Crippen molar-refractivity contribution >= 4 is 10.0 Å². The summed E-state index contributed by atoms with van der Waals surface area (Å²) in [4.78, 5) is 2.28. The number of rotatable bonds is 5. The number of nitrogens with one attached hydrogen (secondary N) is 1. The smallest absolute Gasteiger partial charge is 0.209 e. The first-order chi connectivity index (χ1) is 10.5. The number of ether oxygens (including phenoxy) is 1. The fraction of sp³-hybridized carbons (Fsp3) is 0.733. The summed E-state index contributed by atoms with van der Waals surface area (Å²) < 4.78 is 37.5. The van der Waals surface area contributed by atoms with Gasteiger partial charge in [-0.3, -0.25) is 4.90 Å². The molecular weight excluding hydrogens is 304 g/mol. The summed E-state index contributed by atoms with van der Waals surface area (Å²) in [7, 11) is -3.23. The molecule has 2 saturated heterocycles. The van der Waals surface area contributed by atoms with Crippen molar-refractivity contribution in [1.82, 2.24) is 9.62 Å². The first-order valence-electron chi connectivity index (χ1n) is 7.87. The molecule has 0 aliphatic carbocycles. The number of hydrogen-bond donors (Lipinski definition) is 1. The lowest BCUT2D eigenvalue weighted by Crippen LogP contribution is -2.47. The molecule has 3 atom stereocenters. The quantitative estimate of drug-likeness (QED) is 0.877. The standard InChI is InChI=1S/C15H24N2O4S/c1-3-11-6-7-12(21-11)9-17-10-13(16-22(2,18)19)15-14(17)5-4-8-20-15/h6-7,13-16H,3-5,8-10H2,1-2H3/t13-,14-,15-/m1/s1. The highest BCUT2D eigenvalue weighted by Crippen LogP contribution is 2.30. The van der Waals surface area contributed by atoms with Crippen molar-refractivity contribution in [2.24, 2.45) is 0 Å². The zero-order valence-electron chi connectivity index (χ0n) is 13.1. The van der Waals surface area contributed by atoms with E-state index >= 15 is 0 Å². The molecule has 2 aliphatic rings. The molecule has 0 aromatic carbocycles. The summed E-state index contributed by atoms with van der Waals surface area (Å²) in [5, 5.41) is 0. The van der Waals surface area contributed by atoms with Gasteiger partial charge < -0.3 is 9.15 Å². The molecule has 0 saturated carbocycles. The summed E-state index contributed by atoms with van der Waals surface area (Å²) in [6.07, 6.45) is 4.07. The number of likely N-dealkylation sites (tertiary alicyclic amines) is 1. The Morgan fingerprint density at radius 1 is 1.36 bits per heavy atom. The van der Waals surface area contributed by atoms with Gasteiger partial charge in [0.1, 0.15) is 11.5 Å². The molecule has 0 unspecified atom stereocenters. The maximum Gasteiger partial charge on any atom is 0.209 e. The van der Waals surface area contributed by atoms with Crippen molar-refractivity contribution in [3.63, 3.8) is 0 Å². The van der Waals surface area contributed by atoms with Crippen molar-refractivity contribution in [2.75, 3.05) is 19.4 Å². The fourth-order valence-electron chi connectivity index (χ4n) is 3.51. The van der Waals surface area contributed by atoms with Crippen LogP contribution in [-0.2, 0) is 27.7 Å². The molecule has 2 fully saturated rings. The minimum Gasteiger partial charge on any atom is -0.465 e. The van der Waals surface area contributed by atoms with E-state index in [0.717, 1.165) is 30.8 Å². The Balaban J connectivity index is 1.73. The van der Waals surface area contributed by atoms with Gasteiger partial charge >= 0.3 is 0 Å². The molecule has 0 amide bonds. The van der Waals surface area contributed by atoms with Gasteiger partial charge in [0.2, 0.25) is 10.0 Å². The third-order valence-electron chi connectivity index (χ3n) is 4.42. The molecule has 22 heavy (non-hydrogen) atoms. The van der Waals surface area contributed by atoms with Crippen LogP contribution in [0.2, 0.25) is 0 Å². The van der Waals surface area contributed by atoms with Crippen molar-refractivity contribution in [3.05, 3.63) is 23.7 Å². The van der Waals surface area contributed by atoms with Crippen molar-refractivity contribution < 1.29 is 17.6 Å². The maximum absolute atomic E-state index is 11.6. The lowest BCUT2D eigenvalue weighted by atomic mass is 10.0. The van der Waals surface area contributed by atoms with Crippen LogP contribution in [0.1, 0.15) is 31.3 Å². The lowest BCUT2D eigenvalue weighted by molar-refractivity contribution is -0.0202. The Bertz CT molecular complexity index is 613. The second-order valence-corrected chi connectivity index (χ2v) is 7.97. The minimum atomic E-state index is -3.23. The molecule has 124 valence electrons. The predicted molar refractivity (Wildman–Crippen MR) is 83.0 cm³/mol. The lowest BCUT2D eigenvalue weighted by Gasteiger charge is -2.32. The predicted octanol–water partition coefficient (Wildman–Crippen LogP) is 1.12. The Labute approximate surface area is 131 Å². The largest absolute Gasteiger partial charge is 0.465 e. The number of aryl methyl sites for hydroxylation is 1. The molecular formula is C15H24N2O4S. The van der Waals surface area contributed by atoms with Crippen LogP contribution >= 0.6 is 0 Å². The second-order valence-electron chi connectivity index (χ2n) is 6.19. The van der Waals surface area contributed by atoms with Crippen LogP contribution in [0.4, 0.5) is 0 Å². The van der Waals surface area contributed by atoms with Gasteiger partial charge in [0.25, 0.3) is 0 Å². The summed E-state index contributed by atoms with van der Waals surface area (Å²) in [6.45, 7) is 4.13. The molecule has 1 N–H and O–H groups in total.